The predicted molar refractivity (Wildman–Crippen MR) is 79.7 cm³/mol. The highest BCUT2D eigenvalue weighted by atomic mass is 16.5. The number of hydrogen-bond donors (Lipinski definition) is 2. The van der Waals surface area contributed by atoms with Crippen molar-refractivity contribution in [3.63, 3.8) is 0 Å². The summed E-state index contributed by atoms with van der Waals surface area (Å²) in [6.45, 7) is 3.74. The first-order valence-electron chi connectivity index (χ1n) is 7.30. The number of rotatable bonds is 6. The lowest BCUT2D eigenvalue weighted by Gasteiger charge is -2.30. The summed E-state index contributed by atoms with van der Waals surface area (Å²) >= 11 is 0. The third kappa shape index (κ3) is 3.81. The van der Waals surface area contributed by atoms with E-state index in [1.807, 2.05) is 0 Å². The van der Waals surface area contributed by atoms with Crippen molar-refractivity contribution in [2.45, 2.75) is 31.7 Å². The van der Waals surface area contributed by atoms with Gasteiger partial charge < -0.3 is 15.4 Å². The number of amides is 1. The SMILES string of the molecule is COCCNC(=O)CNC1CCC(C)c2ccccc21. The molecule has 0 bridgehead atoms. The van der Waals surface area contributed by atoms with Gasteiger partial charge in [-0.2, -0.15) is 0 Å². The Morgan fingerprint density at radius 2 is 2.05 bits per heavy atom. The molecule has 1 aliphatic carbocycles. The molecule has 0 aromatic heterocycles. The fourth-order valence-electron chi connectivity index (χ4n) is 2.79. The van der Waals surface area contributed by atoms with Crippen molar-refractivity contribution in [1.82, 2.24) is 10.6 Å². The first-order chi connectivity index (χ1) is 9.72. The van der Waals surface area contributed by atoms with Crippen molar-refractivity contribution in [3.8, 4) is 0 Å². The highest BCUT2D eigenvalue weighted by Crippen LogP contribution is 2.36. The topological polar surface area (TPSA) is 50.4 Å². The van der Waals surface area contributed by atoms with Crippen LogP contribution in [0, 0.1) is 0 Å². The molecule has 110 valence electrons. The molecule has 20 heavy (non-hydrogen) atoms. The van der Waals surface area contributed by atoms with Crippen LogP contribution in [0.5, 0.6) is 0 Å². The third-order valence-electron chi connectivity index (χ3n) is 3.93. The van der Waals surface area contributed by atoms with Gasteiger partial charge in [0.05, 0.1) is 13.2 Å². The van der Waals surface area contributed by atoms with Crippen LogP contribution in [-0.4, -0.2) is 32.7 Å². The highest BCUT2D eigenvalue weighted by Gasteiger charge is 2.24. The molecule has 1 aromatic carbocycles. The van der Waals surface area contributed by atoms with Gasteiger partial charge in [-0.05, 0) is 29.9 Å². The van der Waals surface area contributed by atoms with Gasteiger partial charge in [-0.15, -0.1) is 0 Å². The van der Waals surface area contributed by atoms with Gasteiger partial charge in [0.25, 0.3) is 0 Å². The summed E-state index contributed by atoms with van der Waals surface area (Å²) in [4.78, 5) is 11.7. The van der Waals surface area contributed by atoms with Crippen molar-refractivity contribution in [1.29, 1.82) is 0 Å². The lowest BCUT2D eigenvalue weighted by molar-refractivity contribution is -0.120. The molecule has 0 radical (unpaired) electrons. The van der Waals surface area contributed by atoms with Gasteiger partial charge in [0, 0.05) is 19.7 Å². The van der Waals surface area contributed by atoms with Gasteiger partial charge >= 0.3 is 0 Å². The van der Waals surface area contributed by atoms with Crippen LogP contribution in [-0.2, 0) is 9.53 Å². The maximum atomic E-state index is 11.7. The van der Waals surface area contributed by atoms with Crippen LogP contribution in [0.3, 0.4) is 0 Å². The van der Waals surface area contributed by atoms with Crippen LogP contribution < -0.4 is 10.6 Å². The van der Waals surface area contributed by atoms with Crippen LogP contribution in [0.2, 0.25) is 0 Å². The summed E-state index contributed by atoms with van der Waals surface area (Å²) in [5, 5.41) is 6.20. The molecule has 0 fully saturated rings. The molecule has 0 saturated carbocycles. The van der Waals surface area contributed by atoms with Crippen LogP contribution in [0.4, 0.5) is 0 Å². The fraction of sp³-hybridized carbons (Fsp3) is 0.562. The van der Waals surface area contributed by atoms with Crippen molar-refractivity contribution < 1.29 is 9.53 Å². The van der Waals surface area contributed by atoms with Crippen LogP contribution in [0.15, 0.2) is 24.3 Å². The average molecular weight is 276 g/mol. The zero-order valence-corrected chi connectivity index (χ0v) is 12.3. The smallest absolute Gasteiger partial charge is 0.234 e. The second-order valence-electron chi connectivity index (χ2n) is 5.38. The van der Waals surface area contributed by atoms with Crippen LogP contribution >= 0.6 is 0 Å². The van der Waals surface area contributed by atoms with E-state index < -0.39 is 0 Å². The van der Waals surface area contributed by atoms with Crippen molar-refractivity contribution in [2.75, 3.05) is 26.8 Å². The molecular formula is C16H24N2O2. The molecule has 0 spiro atoms. The Morgan fingerprint density at radius 1 is 1.30 bits per heavy atom. The molecule has 1 aliphatic rings. The van der Waals surface area contributed by atoms with E-state index in [1.54, 1.807) is 7.11 Å². The van der Waals surface area contributed by atoms with E-state index in [-0.39, 0.29) is 11.9 Å². The summed E-state index contributed by atoms with van der Waals surface area (Å²) in [6, 6.07) is 8.83. The van der Waals surface area contributed by atoms with Crippen molar-refractivity contribution in [3.05, 3.63) is 35.4 Å². The zero-order chi connectivity index (χ0) is 14.4. The van der Waals surface area contributed by atoms with Gasteiger partial charge in [0.15, 0.2) is 0 Å². The molecule has 1 amide bonds. The third-order valence-corrected chi connectivity index (χ3v) is 3.93. The average Bonchev–Trinajstić information content (AvgIpc) is 2.47. The Morgan fingerprint density at radius 3 is 2.80 bits per heavy atom. The Labute approximate surface area is 120 Å². The molecule has 2 N–H and O–H groups in total. The molecular weight excluding hydrogens is 252 g/mol. The molecule has 2 unspecified atom stereocenters. The standard InChI is InChI=1S/C16H24N2O2/c1-12-7-8-15(14-6-4-3-5-13(12)14)18-11-16(19)17-9-10-20-2/h3-6,12,15,18H,7-11H2,1-2H3,(H,17,19). The first kappa shape index (κ1) is 15.0. The minimum absolute atomic E-state index is 0.0261. The summed E-state index contributed by atoms with van der Waals surface area (Å²) in [5.74, 6) is 0.637. The summed E-state index contributed by atoms with van der Waals surface area (Å²) < 4.78 is 4.91. The van der Waals surface area contributed by atoms with Gasteiger partial charge in [-0.1, -0.05) is 31.2 Å². The number of ether oxygens (including phenoxy) is 1. The normalized spacial score (nSPS) is 21.3. The second kappa shape index (κ2) is 7.41. The van der Waals surface area contributed by atoms with E-state index in [0.717, 1.165) is 6.42 Å². The maximum absolute atomic E-state index is 11.7. The van der Waals surface area contributed by atoms with E-state index in [9.17, 15) is 4.79 Å². The second-order valence-corrected chi connectivity index (χ2v) is 5.38. The monoisotopic (exact) mass is 276 g/mol. The van der Waals surface area contributed by atoms with Gasteiger partial charge in [0.2, 0.25) is 5.91 Å². The fourth-order valence-corrected chi connectivity index (χ4v) is 2.79. The number of carbonyl (C=O) groups is 1. The van der Waals surface area contributed by atoms with E-state index in [1.165, 1.54) is 17.5 Å². The van der Waals surface area contributed by atoms with E-state index in [0.29, 0.717) is 25.6 Å². The molecule has 1 aromatic rings. The Kier molecular flexibility index (Phi) is 5.56. The Bertz CT molecular complexity index is 448. The molecule has 2 rings (SSSR count). The molecule has 4 nitrogen and oxygen atoms in total. The zero-order valence-electron chi connectivity index (χ0n) is 12.3. The Balaban J connectivity index is 1.88. The molecule has 0 aliphatic heterocycles. The predicted octanol–water partition coefficient (Wildman–Crippen LogP) is 1.98. The molecule has 0 heterocycles. The number of fused-ring (bicyclic) bond motifs is 1. The van der Waals surface area contributed by atoms with E-state index >= 15 is 0 Å². The lowest BCUT2D eigenvalue weighted by atomic mass is 9.81. The van der Waals surface area contributed by atoms with E-state index in [2.05, 4.69) is 41.8 Å². The van der Waals surface area contributed by atoms with Gasteiger partial charge in [0.1, 0.15) is 0 Å². The van der Waals surface area contributed by atoms with Crippen molar-refractivity contribution in [2.24, 2.45) is 0 Å². The summed E-state index contributed by atoms with van der Waals surface area (Å²) in [5.41, 5.74) is 2.76. The van der Waals surface area contributed by atoms with E-state index in [4.69, 9.17) is 4.74 Å². The quantitative estimate of drug-likeness (QED) is 0.781. The van der Waals surface area contributed by atoms with Gasteiger partial charge in [-0.3, -0.25) is 4.79 Å². The number of carbonyl (C=O) groups excluding carboxylic acids is 1. The number of nitrogens with one attached hydrogen (secondary N) is 2. The minimum Gasteiger partial charge on any atom is -0.383 e. The maximum Gasteiger partial charge on any atom is 0.234 e. The minimum atomic E-state index is 0.0261. The van der Waals surface area contributed by atoms with Crippen molar-refractivity contribution >= 4 is 5.91 Å². The number of benzene rings is 1. The number of methoxy groups -OCH3 is 1. The Hall–Kier alpha value is -1.39. The molecule has 0 saturated heterocycles. The largest absolute Gasteiger partial charge is 0.383 e. The molecule has 4 heteroatoms. The highest BCUT2D eigenvalue weighted by molar-refractivity contribution is 5.78. The summed E-state index contributed by atoms with van der Waals surface area (Å²) in [7, 11) is 1.63. The lowest BCUT2D eigenvalue weighted by Crippen LogP contribution is -2.38. The van der Waals surface area contributed by atoms with Gasteiger partial charge in [-0.25, -0.2) is 0 Å². The first-order valence-corrected chi connectivity index (χ1v) is 7.30. The number of hydrogen-bond acceptors (Lipinski definition) is 3. The summed E-state index contributed by atoms with van der Waals surface area (Å²) in [6.07, 6.45) is 2.25. The van der Waals surface area contributed by atoms with Crippen LogP contribution in [0.1, 0.15) is 42.9 Å². The van der Waals surface area contributed by atoms with Crippen LogP contribution in [0.25, 0.3) is 0 Å². The molecule has 2 atom stereocenters.